The van der Waals surface area contributed by atoms with Crippen LogP contribution in [-0.2, 0) is 11.3 Å². The summed E-state index contributed by atoms with van der Waals surface area (Å²) in [6.07, 6.45) is 2.28. The highest BCUT2D eigenvalue weighted by Crippen LogP contribution is 2.28. The minimum Gasteiger partial charge on any atom is -0.376 e. The van der Waals surface area contributed by atoms with Crippen LogP contribution in [0.4, 0.5) is 4.39 Å². The van der Waals surface area contributed by atoms with Gasteiger partial charge in [0, 0.05) is 12.7 Å². The lowest BCUT2D eigenvalue weighted by molar-refractivity contribution is 0.0972. The highest BCUT2D eigenvalue weighted by Gasteiger charge is 2.22. The van der Waals surface area contributed by atoms with E-state index in [0.717, 1.165) is 36.3 Å². The Hall–Kier alpha value is -0.400. The van der Waals surface area contributed by atoms with Gasteiger partial charge >= 0.3 is 0 Å². The summed E-state index contributed by atoms with van der Waals surface area (Å²) in [5.74, 6) is 0.555. The third-order valence-electron chi connectivity index (χ3n) is 3.59. The molecule has 0 N–H and O–H groups in total. The highest BCUT2D eigenvalue weighted by atomic mass is 127. The van der Waals surface area contributed by atoms with Gasteiger partial charge in [-0.2, -0.15) is 0 Å². The molecule has 0 saturated carbocycles. The van der Waals surface area contributed by atoms with Crippen molar-refractivity contribution >= 4 is 45.2 Å². The summed E-state index contributed by atoms with van der Waals surface area (Å²) in [6, 6.07) is 3.31. The average Bonchev–Trinajstić information content (AvgIpc) is 3.00. The Morgan fingerprint density at radius 1 is 1.60 bits per heavy atom. The lowest BCUT2D eigenvalue weighted by Gasteiger charge is -2.15. The van der Waals surface area contributed by atoms with Gasteiger partial charge in [-0.05, 0) is 48.4 Å². The van der Waals surface area contributed by atoms with Crippen LogP contribution in [-0.4, -0.2) is 22.3 Å². The maximum atomic E-state index is 13.8. The summed E-state index contributed by atoms with van der Waals surface area (Å²) >= 11 is 8.20. The molecule has 1 aromatic heterocycles. The van der Waals surface area contributed by atoms with Crippen LogP contribution in [0, 0.1) is 9.39 Å². The van der Waals surface area contributed by atoms with E-state index >= 15 is 0 Å². The van der Waals surface area contributed by atoms with Gasteiger partial charge < -0.3 is 9.30 Å². The first-order valence-corrected chi connectivity index (χ1v) is 8.18. The number of ether oxygens (including phenoxy) is 1. The van der Waals surface area contributed by atoms with E-state index < -0.39 is 0 Å². The Bertz CT molecular complexity index is 638. The number of hydrogen-bond donors (Lipinski definition) is 0. The van der Waals surface area contributed by atoms with Crippen LogP contribution in [0.5, 0.6) is 0 Å². The van der Waals surface area contributed by atoms with Crippen molar-refractivity contribution < 1.29 is 9.13 Å². The maximum Gasteiger partial charge on any atom is 0.138 e. The van der Waals surface area contributed by atoms with Gasteiger partial charge in [0.2, 0.25) is 0 Å². The molecule has 3 nitrogen and oxygen atoms in total. The molecule has 20 heavy (non-hydrogen) atoms. The number of imidazole rings is 1. The van der Waals surface area contributed by atoms with Crippen molar-refractivity contribution in [2.45, 2.75) is 37.8 Å². The normalized spacial score (nSPS) is 20.7. The van der Waals surface area contributed by atoms with Crippen molar-refractivity contribution in [1.29, 1.82) is 0 Å². The summed E-state index contributed by atoms with van der Waals surface area (Å²) in [7, 11) is 0. The van der Waals surface area contributed by atoms with Crippen LogP contribution in [0.2, 0.25) is 0 Å². The van der Waals surface area contributed by atoms with E-state index in [-0.39, 0.29) is 17.3 Å². The molecule has 2 aromatic rings. The summed E-state index contributed by atoms with van der Waals surface area (Å²) in [6.45, 7) is 3.37. The Morgan fingerprint density at radius 2 is 2.40 bits per heavy atom. The quantitative estimate of drug-likeness (QED) is 0.560. The van der Waals surface area contributed by atoms with Gasteiger partial charge in [0.05, 0.1) is 32.6 Å². The van der Waals surface area contributed by atoms with Crippen molar-refractivity contribution in [2.75, 3.05) is 6.61 Å². The van der Waals surface area contributed by atoms with Gasteiger partial charge in [-0.1, -0.05) is 0 Å². The van der Waals surface area contributed by atoms with E-state index in [1.807, 2.05) is 34.1 Å². The van der Waals surface area contributed by atoms with Gasteiger partial charge in [0.25, 0.3) is 0 Å². The summed E-state index contributed by atoms with van der Waals surface area (Å²) in [5, 5.41) is -0.218. The fourth-order valence-electron chi connectivity index (χ4n) is 2.63. The van der Waals surface area contributed by atoms with Gasteiger partial charge in [-0.25, -0.2) is 9.37 Å². The van der Waals surface area contributed by atoms with Crippen molar-refractivity contribution in [3.8, 4) is 0 Å². The number of aromatic nitrogens is 2. The smallest absolute Gasteiger partial charge is 0.138 e. The molecule has 2 atom stereocenters. The monoisotopic (exact) mass is 408 g/mol. The lowest BCUT2D eigenvalue weighted by Crippen LogP contribution is -2.17. The van der Waals surface area contributed by atoms with Crippen LogP contribution in [0.15, 0.2) is 12.1 Å². The number of hydrogen-bond acceptors (Lipinski definition) is 2. The topological polar surface area (TPSA) is 27.1 Å². The molecule has 0 aliphatic carbocycles. The Morgan fingerprint density at radius 3 is 3.05 bits per heavy atom. The minimum atomic E-state index is -0.222. The first-order chi connectivity index (χ1) is 9.56. The molecule has 1 saturated heterocycles. The molecule has 1 aliphatic rings. The first kappa shape index (κ1) is 14.5. The number of alkyl halides is 1. The molecule has 108 valence electrons. The van der Waals surface area contributed by atoms with Crippen LogP contribution >= 0.6 is 34.2 Å². The van der Waals surface area contributed by atoms with Crippen molar-refractivity contribution in [1.82, 2.24) is 9.55 Å². The summed E-state index contributed by atoms with van der Waals surface area (Å²) in [5.41, 5.74) is 1.58. The number of halogens is 3. The Balaban J connectivity index is 2.10. The number of fused-ring (bicyclic) bond motifs is 1. The van der Waals surface area contributed by atoms with Crippen molar-refractivity contribution in [3.63, 3.8) is 0 Å². The molecule has 0 radical (unpaired) electrons. The maximum absolute atomic E-state index is 13.8. The zero-order valence-electron chi connectivity index (χ0n) is 11.1. The molecule has 1 aromatic carbocycles. The highest BCUT2D eigenvalue weighted by molar-refractivity contribution is 14.1. The minimum absolute atomic E-state index is 0.170. The van der Waals surface area contributed by atoms with E-state index in [2.05, 4.69) is 4.98 Å². The van der Waals surface area contributed by atoms with Gasteiger partial charge in [0.15, 0.2) is 0 Å². The standard InChI is InChI=1S/C14H15ClFIN2O/c1-8(15)14-18-12-6-11(17)10(16)5-13(12)19(14)7-9-3-2-4-20-9/h5-6,8-9H,2-4,7H2,1H3. The molecule has 1 aliphatic heterocycles. The van der Waals surface area contributed by atoms with E-state index in [1.165, 1.54) is 0 Å². The molecule has 0 amide bonds. The third kappa shape index (κ3) is 2.67. The molecule has 2 unspecified atom stereocenters. The molecule has 0 spiro atoms. The molecular formula is C14H15ClFIN2O. The van der Waals surface area contributed by atoms with Gasteiger partial charge in [-0.3, -0.25) is 0 Å². The fraction of sp³-hybridized carbons (Fsp3) is 0.500. The largest absolute Gasteiger partial charge is 0.376 e. The van der Waals surface area contributed by atoms with E-state index in [0.29, 0.717) is 10.1 Å². The number of nitrogens with zero attached hydrogens (tertiary/aromatic N) is 2. The molecule has 3 rings (SSSR count). The number of rotatable bonds is 3. The van der Waals surface area contributed by atoms with Crippen molar-refractivity contribution in [3.05, 3.63) is 27.3 Å². The fourth-order valence-corrected chi connectivity index (χ4v) is 3.24. The van der Waals surface area contributed by atoms with E-state index in [9.17, 15) is 4.39 Å². The molecule has 6 heteroatoms. The van der Waals surface area contributed by atoms with Crippen LogP contribution in [0.3, 0.4) is 0 Å². The molecule has 2 heterocycles. The Labute approximate surface area is 135 Å². The van der Waals surface area contributed by atoms with Crippen molar-refractivity contribution in [2.24, 2.45) is 0 Å². The average molecular weight is 409 g/mol. The first-order valence-electron chi connectivity index (χ1n) is 6.67. The molecule has 1 fully saturated rings. The zero-order valence-corrected chi connectivity index (χ0v) is 14.0. The van der Waals surface area contributed by atoms with Gasteiger partial charge in [0.1, 0.15) is 11.6 Å². The summed E-state index contributed by atoms with van der Waals surface area (Å²) < 4.78 is 22.1. The molecular weight excluding hydrogens is 394 g/mol. The summed E-state index contributed by atoms with van der Waals surface area (Å²) in [4.78, 5) is 4.56. The van der Waals surface area contributed by atoms with Gasteiger partial charge in [-0.15, -0.1) is 11.6 Å². The second-order valence-electron chi connectivity index (χ2n) is 5.09. The SMILES string of the molecule is CC(Cl)c1nc2cc(I)c(F)cc2n1CC1CCCO1. The van der Waals surface area contributed by atoms with E-state index in [4.69, 9.17) is 16.3 Å². The zero-order chi connectivity index (χ0) is 14.3. The third-order valence-corrected chi connectivity index (χ3v) is 4.61. The van der Waals surface area contributed by atoms with Crippen LogP contribution in [0.25, 0.3) is 11.0 Å². The second kappa shape index (κ2) is 5.77. The van der Waals surface area contributed by atoms with E-state index in [1.54, 1.807) is 12.1 Å². The molecule has 0 bridgehead atoms. The number of benzene rings is 1. The van der Waals surface area contributed by atoms with Crippen LogP contribution in [0.1, 0.15) is 31.0 Å². The Kier molecular flexibility index (Phi) is 4.19. The lowest BCUT2D eigenvalue weighted by atomic mass is 10.2. The predicted molar refractivity (Wildman–Crippen MR) is 85.7 cm³/mol. The second-order valence-corrected chi connectivity index (χ2v) is 6.90. The predicted octanol–water partition coefficient (Wildman–Crippen LogP) is 4.26. The van der Waals surface area contributed by atoms with Crippen LogP contribution < -0.4 is 0 Å².